The molecule has 0 fully saturated rings. The van der Waals surface area contributed by atoms with Crippen LogP contribution in [0.4, 0.5) is 0 Å². The van der Waals surface area contributed by atoms with Crippen LogP contribution in [-0.4, -0.2) is 37.3 Å². The zero-order valence-corrected chi connectivity index (χ0v) is 14.0. The van der Waals surface area contributed by atoms with Gasteiger partial charge in [-0.05, 0) is 41.9 Å². The predicted molar refractivity (Wildman–Crippen MR) is 91.9 cm³/mol. The van der Waals surface area contributed by atoms with Gasteiger partial charge in [-0.25, -0.2) is 0 Å². The van der Waals surface area contributed by atoms with Crippen molar-refractivity contribution in [2.24, 2.45) is 0 Å². The highest BCUT2D eigenvalue weighted by Crippen LogP contribution is 2.21. The molecular weight excluding hydrogens is 290 g/mol. The van der Waals surface area contributed by atoms with E-state index in [0.29, 0.717) is 6.54 Å². The molecule has 0 amide bonds. The highest BCUT2D eigenvalue weighted by molar-refractivity contribution is 5.30. The van der Waals surface area contributed by atoms with Gasteiger partial charge >= 0.3 is 0 Å². The Kier molecular flexibility index (Phi) is 6.44. The van der Waals surface area contributed by atoms with Gasteiger partial charge in [0.1, 0.15) is 11.5 Å². The van der Waals surface area contributed by atoms with Crippen LogP contribution in [0.5, 0.6) is 11.5 Å². The van der Waals surface area contributed by atoms with Crippen molar-refractivity contribution in [3.63, 3.8) is 0 Å². The van der Waals surface area contributed by atoms with Crippen LogP contribution >= 0.6 is 0 Å². The first kappa shape index (κ1) is 17.3. The van der Waals surface area contributed by atoms with Crippen molar-refractivity contribution >= 4 is 0 Å². The molecule has 0 spiro atoms. The van der Waals surface area contributed by atoms with Gasteiger partial charge in [-0.1, -0.05) is 31.2 Å². The lowest BCUT2D eigenvalue weighted by atomic mass is 10.1. The van der Waals surface area contributed by atoms with E-state index in [1.807, 2.05) is 36.4 Å². The number of hydrogen-bond acceptors (Lipinski definition) is 4. The summed E-state index contributed by atoms with van der Waals surface area (Å²) in [5.41, 5.74) is 2.07. The molecule has 0 aliphatic carbocycles. The summed E-state index contributed by atoms with van der Waals surface area (Å²) in [7, 11) is 3.30. The van der Waals surface area contributed by atoms with E-state index in [4.69, 9.17) is 9.47 Å². The Morgan fingerprint density at radius 3 is 2.30 bits per heavy atom. The largest absolute Gasteiger partial charge is 0.497 e. The molecule has 2 aromatic carbocycles. The summed E-state index contributed by atoms with van der Waals surface area (Å²) >= 11 is 0. The fourth-order valence-electron chi connectivity index (χ4n) is 2.49. The molecule has 124 valence electrons. The van der Waals surface area contributed by atoms with Crippen LogP contribution in [0.25, 0.3) is 0 Å². The standard InChI is InChI=1S/C19H25NO3/c1-4-20(13-15-8-10-17(22-2)11-9-15)14-19(21)16-6-5-7-18(12-16)23-3/h5-12,19,21H,4,13-14H2,1-3H3. The Morgan fingerprint density at radius 1 is 1.00 bits per heavy atom. The maximum atomic E-state index is 10.5. The Labute approximate surface area is 138 Å². The van der Waals surface area contributed by atoms with Gasteiger partial charge in [0.15, 0.2) is 0 Å². The number of aliphatic hydroxyl groups excluding tert-OH is 1. The molecule has 0 aliphatic heterocycles. The van der Waals surface area contributed by atoms with Crippen molar-refractivity contribution in [2.45, 2.75) is 19.6 Å². The molecule has 4 heteroatoms. The number of hydrogen-bond donors (Lipinski definition) is 1. The Balaban J connectivity index is 1.99. The number of ether oxygens (including phenoxy) is 2. The second kappa shape index (κ2) is 8.56. The zero-order chi connectivity index (χ0) is 16.7. The van der Waals surface area contributed by atoms with Crippen LogP contribution < -0.4 is 9.47 Å². The van der Waals surface area contributed by atoms with E-state index in [-0.39, 0.29) is 0 Å². The maximum absolute atomic E-state index is 10.5. The monoisotopic (exact) mass is 315 g/mol. The number of aliphatic hydroxyl groups is 1. The van der Waals surface area contributed by atoms with E-state index in [2.05, 4.69) is 24.0 Å². The second-order valence-electron chi connectivity index (χ2n) is 5.47. The van der Waals surface area contributed by atoms with E-state index >= 15 is 0 Å². The van der Waals surface area contributed by atoms with Crippen LogP contribution in [0.3, 0.4) is 0 Å². The first-order valence-corrected chi connectivity index (χ1v) is 7.83. The molecule has 23 heavy (non-hydrogen) atoms. The first-order chi connectivity index (χ1) is 11.2. The van der Waals surface area contributed by atoms with Crippen LogP contribution in [0, 0.1) is 0 Å². The second-order valence-corrected chi connectivity index (χ2v) is 5.47. The van der Waals surface area contributed by atoms with E-state index < -0.39 is 6.10 Å². The normalized spacial score (nSPS) is 12.2. The lowest BCUT2D eigenvalue weighted by molar-refractivity contribution is 0.112. The summed E-state index contributed by atoms with van der Waals surface area (Å²) in [6.07, 6.45) is -0.539. The van der Waals surface area contributed by atoms with Crippen molar-refractivity contribution in [1.29, 1.82) is 0 Å². The van der Waals surface area contributed by atoms with Gasteiger partial charge in [-0.3, -0.25) is 4.90 Å². The van der Waals surface area contributed by atoms with Gasteiger partial charge in [0.25, 0.3) is 0 Å². The molecule has 1 atom stereocenters. The third kappa shape index (κ3) is 4.98. The number of nitrogens with zero attached hydrogens (tertiary/aromatic N) is 1. The molecule has 2 aromatic rings. The topological polar surface area (TPSA) is 41.9 Å². The van der Waals surface area contributed by atoms with Crippen LogP contribution in [0.2, 0.25) is 0 Å². The smallest absolute Gasteiger partial charge is 0.119 e. The SMILES string of the molecule is CCN(Cc1ccc(OC)cc1)CC(O)c1cccc(OC)c1. The highest BCUT2D eigenvalue weighted by atomic mass is 16.5. The van der Waals surface area contributed by atoms with Crippen LogP contribution in [0.15, 0.2) is 48.5 Å². The van der Waals surface area contributed by atoms with Gasteiger partial charge < -0.3 is 14.6 Å². The lowest BCUT2D eigenvalue weighted by Gasteiger charge is -2.24. The Bertz CT molecular complexity index is 598. The Hall–Kier alpha value is -2.04. The van der Waals surface area contributed by atoms with Gasteiger partial charge in [0.2, 0.25) is 0 Å². The molecule has 0 saturated heterocycles. The molecule has 0 saturated carbocycles. The summed E-state index contributed by atoms with van der Waals surface area (Å²) in [6.45, 7) is 4.34. The van der Waals surface area contributed by atoms with Gasteiger partial charge in [-0.15, -0.1) is 0 Å². The molecule has 0 radical (unpaired) electrons. The molecule has 2 rings (SSSR count). The van der Waals surface area contributed by atoms with Crippen molar-refractivity contribution in [3.05, 3.63) is 59.7 Å². The summed E-state index contributed by atoms with van der Waals surface area (Å²) in [6, 6.07) is 15.6. The van der Waals surface area contributed by atoms with E-state index in [1.165, 1.54) is 5.56 Å². The fraction of sp³-hybridized carbons (Fsp3) is 0.368. The quantitative estimate of drug-likeness (QED) is 0.812. The minimum absolute atomic E-state index is 0.539. The zero-order valence-electron chi connectivity index (χ0n) is 14.0. The molecule has 0 aliphatic rings. The molecule has 1 unspecified atom stereocenters. The van der Waals surface area contributed by atoms with Crippen LogP contribution in [0.1, 0.15) is 24.2 Å². The van der Waals surface area contributed by atoms with Gasteiger partial charge in [0.05, 0.1) is 20.3 Å². The van der Waals surface area contributed by atoms with E-state index in [1.54, 1.807) is 14.2 Å². The molecule has 0 aromatic heterocycles. The predicted octanol–water partition coefficient (Wildman–Crippen LogP) is 3.26. The van der Waals surface area contributed by atoms with Gasteiger partial charge in [-0.2, -0.15) is 0 Å². The van der Waals surface area contributed by atoms with Crippen molar-refractivity contribution in [2.75, 3.05) is 27.3 Å². The molecular formula is C19H25NO3. The highest BCUT2D eigenvalue weighted by Gasteiger charge is 2.13. The molecule has 0 bridgehead atoms. The number of rotatable bonds is 8. The molecule has 0 heterocycles. The maximum Gasteiger partial charge on any atom is 0.119 e. The summed E-state index contributed by atoms with van der Waals surface area (Å²) in [5.74, 6) is 1.62. The Morgan fingerprint density at radius 2 is 1.70 bits per heavy atom. The average molecular weight is 315 g/mol. The third-order valence-corrected chi connectivity index (χ3v) is 3.92. The molecule has 1 N–H and O–H groups in total. The van der Waals surface area contributed by atoms with Crippen molar-refractivity contribution in [3.8, 4) is 11.5 Å². The van der Waals surface area contributed by atoms with Crippen molar-refractivity contribution in [1.82, 2.24) is 4.90 Å². The van der Waals surface area contributed by atoms with Crippen molar-refractivity contribution < 1.29 is 14.6 Å². The number of benzene rings is 2. The first-order valence-electron chi connectivity index (χ1n) is 7.83. The van der Waals surface area contributed by atoms with Crippen LogP contribution in [-0.2, 0) is 6.54 Å². The summed E-state index contributed by atoms with van der Waals surface area (Å²) in [4.78, 5) is 2.21. The number of methoxy groups -OCH3 is 2. The van der Waals surface area contributed by atoms with E-state index in [9.17, 15) is 5.11 Å². The lowest BCUT2D eigenvalue weighted by Crippen LogP contribution is -2.28. The average Bonchev–Trinajstić information content (AvgIpc) is 2.61. The van der Waals surface area contributed by atoms with Gasteiger partial charge in [0, 0.05) is 13.1 Å². The fourth-order valence-corrected chi connectivity index (χ4v) is 2.49. The van der Waals surface area contributed by atoms with E-state index in [0.717, 1.165) is 30.2 Å². The summed E-state index contributed by atoms with van der Waals surface area (Å²) < 4.78 is 10.4. The minimum Gasteiger partial charge on any atom is -0.497 e. The number of likely N-dealkylation sites (N-methyl/N-ethyl adjacent to an activating group) is 1. The summed E-state index contributed by atoms with van der Waals surface area (Å²) in [5, 5.41) is 10.5. The third-order valence-electron chi connectivity index (χ3n) is 3.92. The molecule has 4 nitrogen and oxygen atoms in total. The minimum atomic E-state index is -0.539.